The van der Waals surface area contributed by atoms with Crippen molar-refractivity contribution in [1.82, 2.24) is 4.57 Å². The van der Waals surface area contributed by atoms with Crippen molar-refractivity contribution in [2.75, 3.05) is 14.2 Å². The van der Waals surface area contributed by atoms with E-state index in [4.69, 9.17) is 15.2 Å². The summed E-state index contributed by atoms with van der Waals surface area (Å²) in [4.78, 5) is 24.0. The Labute approximate surface area is 153 Å². The van der Waals surface area contributed by atoms with Crippen LogP contribution in [-0.4, -0.2) is 30.7 Å². The number of nitrogens with two attached hydrogens (primary N) is 1. The van der Waals surface area contributed by atoms with Crippen LogP contribution in [0.25, 0.3) is 11.1 Å². The molecular weight excluding hydrogens is 332 g/mol. The lowest BCUT2D eigenvalue weighted by Crippen LogP contribution is -2.14. The fourth-order valence-electron chi connectivity index (χ4n) is 3.48. The molecule has 2 aromatic rings. The van der Waals surface area contributed by atoms with Crippen molar-refractivity contribution in [3.05, 3.63) is 41.2 Å². The van der Waals surface area contributed by atoms with Crippen LogP contribution in [0, 0.1) is 6.92 Å². The lowest BCUT2D eigenvalue weighted by molar-refractivity contribution is -0.140. The van der Waals surface area contributed by atoms with E-state index in [-0.39, 0.29) is 18.4 Å². The molecule has 0 fully saturated rings. The number of para-hydroxylation sites is 1. The summed E-state index contributed by atoms with van der Waals surface area (Å²) in [5, 5.41) is 0. The second kappa shape index (κ2) is 8.08. The minimum absolute atomic E-state index is 0.101. The summed E-state index contributed by atoms with van der Waals surface area (Å²) in [6.07, 6.45) is 0.652. The molecule has 1 aromatic carbocycles. The number of carbonyl (C=O) groups excluding carboxylic acids is 2. The number of esters is 1. The number of rotatable bonds is 7. The number of amides is 1. The van der Waals surface area contributed by atoms with Gasteiger partial charge >= 0.3 is 5.97 Å². The average molecular weight is 358 g/mol. The molecule has 6 heteroatoms. The van der Waals surface area contributed by atoms with Gasteiger partial charge in [0.1, 0.15) is 5.75 Å². The lowest BCUT2D eigenvalue weighted by atomic mass is 9.97. The minimum Gasteiger partial charge on any atom is -0.496 e. The molecule has 0 spiro atoms. The Balaban J connectivity index is 2.79. The van der Waals surface area contributed by atoms with E-state index in [2.05, 4.69) is 4.57 Å². The average Bonchev–Trinajstić information content (AvgIpc) is 2.91. The summed E-state index contributed by atoms with van der Waals surface area (Å²) >= 11 is 0. The van der Waals surface area contributed by atoms with E-state index >= 15 is 0 Å². The molecule has 26 heavy (non-hydrogen) atoms. The zero-order valence-electron chi connectivity index (χ0n) is 16.0. The third-order valence-electron chi connectivity index (χ3n) is 4.49. The fourth-order valence-corrected chi connectivity index (χ4v) is 3.48. The number of methoxy groups -OCH3 is 2. The maximum Gasteiger partial charge on any atom is 0.305 e. The van der Waals surface area contributed by atoms with Gasteiger partial charge in [0.2, 0.25) is 0 Å². The van der Waals surface area contributed by atoms with E-state index in [0.717, 1.165) is 22.5 Å². The van der Waals surface area contributed by atoms with Crippen LogP contribution in [0.4, 0.5) is 0 Å². The number of hydrogen-bond donors (Lipinski definition) is 1. The van der Waals surface area contributed by atoms with Crippen molar-refractivity contribution in [3.63, 3.8) is 0 Å². The van der Waals surface area contributed by atoms with Crippen LogP contribution in [0.3, 0.4) is 0 Å². The molecule has 140 valence electrons. The van der Waals surface area contributed by atoms with Gasteiger partial charge in [0.25, 0.3) is 5.91 Å². The number of benzene rings is 1. The quantitative estimate of drug-likeness (QED) is 0.770. The molecule has 2 N–H and O–H groups in total. The maximum absolute atomic E-state index is 12.3. The van der Waals surface area contributed by atoms with Crippen LogP contribution >= 0.6 is 0 Å². The number of carbonyl (C=O) groups is 2. The summed E-state index contributed by atoms with van der Waals surface area (Å²) in [6.45, 7) is 5.94. The predicted octanol–water partition coefficient (Wildman–Crippen LogP) is 3.26. The molecule has 0 radical (unpaired) electrons. The molecule has 1 amide bonds. The topological polar surface area (TPSA) is 83.6 Å². The molecule has 2 rings (SSSR count). The summed E-state index contributed by atoms with van der Waals surface area (Å²) in [5.41, 5.74) is 9.36. The SMILES string of the molecule is COC(=O)CCc1c(-c2ccccc2OC)c(C(N)=O)c(C)n1C(C)C. The third kappa shape index (κ3) is 3.59. The van der Waals surface area contributed by atoms with Gasteiger partial charge in [-0.2, -0.15) is 0 Å². The number of nitrogens with zero attached hydrogens (tertiary/aromatic N) is 1. The number of aromatic nitrogens is 1. The van der Waals surface area contributed by atoms with Crippen molar-refractivity contribution in [2.24, 2.45) is 5.73 Å². The standard InChI is InChI=1S/C20H26N2O4/c1-12(2)22-13(3)18(20(21)24)19(15(22)10-11-17(23)26-5)14-8-6-7-9-16(14)25-4/h6-9,12H,10-11H2,1-5H3,(H2,21,24). The first kappa shape index (κ1) is 19.6. The zero-order valence-corrected chi connectivity index (χ0v) is 16.0. The predicted molar refractivity (Wildman–Crippen MR) is 100 cm³/mol. The molecule has 0 aliphatic rings. The second-order valence-electron chi connectivity index (χ2n) is 6.39. The van der Waals surface area contributed by atoms with Crippen LogP contribution < -0.4 is 10.5 Å². The van der Waals surface area contributed by atoms with Gasteiger partial charge in [-0.25, -0.2) is 0 Å². The van der Waals surface area contributed by atoms with Gasteiger partial charge in [-0.3, -0.25) is 9.59 Å². The van der Waals surface area contributed by atoms with E-state index in [9.17, 15) is 9.59 Å². The van der Waals surface area contributed by atoms with Gasteiger partial charge in [-0.15, -0.1) is 0 Å². The monoisotopic (exact) mass is 358 g/mol. The highest BCUT2D eigenvalue weighted by Crippen LogP contribution is 2.39. The fraction of sp³-hybridized carbons (Fsp3) is 0.400. The van der Waals surface area contributed by atoms with Crippen LogP contribution in [-0.2, 0) is 16.0 Å². The van der Waals surface area contributed by atoms with Crippen molar-refractivity contribution in [3.8, 4) is 16.9 Å². The van der Waals surface area contributed by atoms with Crippen LogP contribution in [0.1, 0.15) is 48.1 Å². The van der Waals surface area contributed by atoms with E-state index in [1.54, 1.807) is 7.11 Å². The Hall–Kier alpha value is -2.76. The summed E-state index contributed by atoms with van der Waals surface area (Å²) in [7, 11) is 2.95. The normalized spacial score (nSPS) is 10.8. The highest BCUT2D eigenvalue weighted by molar-refractivity contribution is 6.03. The van der Waals surface area contributed by atoms with Crippen molar-refractivity contribution >= 4 is 11.9 Å². The van der Waals surface area contributed by atoms with Gasteiger partial charge in [0, 0.05) is 28.6 Å². The van der Waals surface area contributed by atoms with E-state index < -0.39 is 5.91 Å². The minimum atomic E-state index is -0.498. The van der Waals surface area contributed by atoms with E-state index in [1.165, 1.54) is 7.11 Å². The highest BCUT2D eigenvalue weighted by atomic mass is 16.5. The van der Waals surface area contributed by atoms with Crippen LogP contribution in [0.2, 0.25) is 0 Å². The number of ether oxygens (including phenoxy) is 2. The molecule has 0 aliphatic carbocycles. The Kier molecular flexibility index (Phi) is 6.08. The molecule has 0 saturated heterocycles. The van der Waals surface area contributed by atoms with Gasteiger partial charge in [-0.05, 0) is 33.3 Å². The smallest absolute Gasteiger partial charge is 0.305 e. The molecule has 0 bridgehead atoms. The molecule has 1 heterocycles. The molecule has 0 aliphatic heterocycles. The van der Waals surface area contributed by atoms with Gasteiger partial charge in [-0.1, -0.05) is 18.2 Å². The first-order valence-corrected chi connectivity index (χ1v) is 8.57. The lowest BCUT2D eigenvalue weighted by Gasteiger charge is -2.17. The molecule has 0 saturated carbocycles. The molecule has 0 atom stereocenters. The Morgan fingerprint density at radius 2 is 1.85 bits per heavy atom. The summed E-state index contributed by atoms with van der Waals surface area (Å²) in [6, 6.07) is 7.59. The number of hydrogen-bond acceptors (Lipinski definition) is 4. The zero-order chi connectivity index (χ0) is 19.4. The Morgan fingerprint density at radius 3 is 2.38 bits per heavy atom. The van der Waals surface area contributed by atoms with Crippen molar-refractivity contribution < 1.29 is 19.1 Å². The van der Waals surface area contributed by atoms with Crippen LogP contribution in [0.15, 0.2) is 24.3 Å². The molecule has 1 aromatic heterocycles. The Bertz CT molecular complexity index is 821. The van der Waals surface area contributed by atoms with E-state index in [1.807, 2.05) is 45.0 Å². The molecule has 0 unspecified atom stereocenters. The van der Waals surface area contributed by atoms with Crippen LogP contribution in [0.5, 0.6) is 5.75 Å². The first-order chi connectivity index (χ1) is 12.3. The van der Waals surface area contributed by atoms with Gasteiger partial charge < -0.3 is 19.8 Å². The molecular formula is C20H26N2O4. The Morgan fingerprint density at radius 1 is 1.19 bits per heavy atom. The third-order valence-corrected chi connectivity index (χ3v) is 4.49. The molecule has 6 nitrogen and oxygen atoms in total. The van der Waals surface area contributed by atoms with E-state index in [0.29, 0.717) is 17.7 Å². The summed E-state index contributed by atoms with van der Waals surface area (Å²) < 4.78 is 12.3. The number of primary amides is 1. The first-order valence-electron chi connectivity index (χ1n) is 8.57. The largest absolute Gasteiger partial charge is 0.496 e. The van der Waals surface area contributed by atoms with Gasteiger partial charge in [0.05, 0.1) is 26.2 Å². The van der Waals surface area contributed by atoms with Crippen molar-refractivity contribution in [1.29, 1.82) is 0 Å². The van der Waals surface area contributed by atoms with Gasteiger partial charge in [0.15, 0.2) is 0 Å². The van der Waals surface area contributed by atoms with Crippen molar-refractivity contribution in [2.45, 2.75) is 39.7 Å². The summed E-state index contributed by atoms with van der Waals surface area (Å²) in [5.74, 6) is -0.150. The highest BCUT2D eigenvalue weighted by Gasteiger charge is 2.27. The second-order valence-corrected chi connectivity index (χ2v) is 6.39. The maximum atomic E-state index is 12.3.